The van der Waals surface area contributed by atoms with Crippen LogP contribution in [0.5, 0.6) is 0 Å². The Morgan fingerprint density at radius 3 is 2.35 bits per heavy atom. The van der Waals surface area contributed by atoms with Crippen LogP contribution in [0.15, 0.2) is 17.0 Å². The van der Waals surface area contributed by atoms with Crippen LogP contribution in [0.2, 0.25) is 0 Å². The third-order valence-corrected chi connectivity index (χ3v) is 6.15. The van der Waals surface area contributed by atoms with Crippen LogP contribution >= 0.6 is 0 Å². The van der Waals surface area contributed by atoms with E-state index < -0.39 is 16.0 Å². The average molecular weight is 297 g/mol. The van der Waals surface area contributed by atoms with E-state index in [2.05, 4.69) is 0 Å². The largest absolute Gasteiger partial charge is 0.478 e. The van der Waals surface area contributed by atoms with Gasteiger partial charge in [-0.25, -0.2) is 13.2 Å². The molecule has 0 heterocycles. The first-order valence-electron chi connectivity index (χ1n) is 6.57. The number of benzene rings is 1. The Hall–Kier alpha value is -1.40. The molecule has 1 aliphatic carbocycles. The van der Waals surface area contributed by atoms with E-state index in [1.165, 1.54) is 16.4 Å². The lowest BCUT2D eigenvalue weighted by Gasteiger charge is -2.34. The van der Waals surface area contributed by atoms with Gasteiger partial charge in [0, 0.05) is 13.1 Å². The number of carboxylic acid groups (broad SMARTS) is 1. The molecule has 110 valence electrons. The number of carbonyl (C=O) groups is 1. The van der Waals surface area contributed by atoms with Gasteiger partial charge in [-0.2, -0.15) is 4.31 Å². The normalized spacial score (nSPS) is 16.2. The van der Waals surface area contributed by atoms with Gasteiger partial charge in [0.2, 0.25) is 10.0 Å². The summed E-state index contributed by atoms with van der Waals surface area (Å²) in [7, 11) is -2.07. The lowest BCUT2D eigenvalue weighted by Crippen LogP contribution is -2.41. The summed E-state index contributed by atoms with van der Waals surface area (Å²) in [6.07, 6.45) is 2.77. The minimum absolute atomic E-state index is 0.00804. The van der Waals surface area contributed by atoms with Crippen molar-refractivity contribution in [3.05, 3.63) is 28.8 Å². The summed E-state index contributed by atoms with van der Waals surface area (Å²) in [4.78, 5) is 11.2. The molecule has 0 amide bonds. The molecule has 0 aromatic heterocycles. The fraction of sp³-hybridized carbons (Fsp3) is 0.500. The molecule has 1 aliphatic rings. The van der Waals surface area contributed by atoms with Gasteiger partial charge in [-0.05, 0) is 49.9 Å². The molecule has 0 spiro atoms. The summed E-state index contributed by atoms with van der Waals surface area (Å²) in [6, 6.07) is 2.79. The first-order valence-corrected chi connectivity index (χ1v) is 8.01. The zero-order chi connectivity index (χ0) is 15.1. The van der Waals surface area contributed by atoms with Crippen molar-refractivity contribution in [3.8, 4) is 0 Å². The molecular weight excluding hydrogens is 278 g/mol. The first kappa shape index (κ1) is 15.0. The van der Waals surface area contributed by atoms with Crippen molar-refractivity contribution in [2.75, 3.05) is 7.05 Å². The number of hydrogen-bond donors (Lipinski definition) is 1. The fourth-order valence-electron chi connectivity index (χ4n) is 2.32. The zero-order valence-electron chi connectivity index (χ0n) is 11.9. The number of aromatic carboxylic acids is 1. The number of carboxylic acids is 1. The van der Waals surface area contributed by atoms with Gasteiger partial charge in [0.05, 0.1) is 10.5 Å². The van der Waals surface area contributed by atoms with Crippen molar-refractivity contribution < 1.29 is 18.3 Å². The van der Waals surface area contributed by atoms with Crippen molar-refractivity contribution in [1.29, 1.82) is 0 Å². The fourth-order valence-corrected chi connectivity index (χ4v) is 4.06. The highest BCUT2D eigenvalue weighted by molar-refractivity contribution is 7.89. The molecule has 5 nitrogen and oxygen atoms in total. The monoisotopic (exact) mass is 297 g/mol. The van der Waals surface area contributed by atoms with Gasteiger partial charge in [0.15, 0.2) is 0 Å². The zero-order valence-corrected chi connectivity index (χ0v) is 12.7. The van der Waals surface area contributed by atoms with Crippen molar-refractivity contribution in [2.45, 2.75) is 44.0 Å². The maximum absolute atomic E-state index is 12.6. The lowest BCUT2D eigenvalue weighted by molar-refractivity contribution is 0.0696. The molecule has 0 atom stereocenters. The minimum atomic E-state index is -3.64. The van der Waals surface area contributed by atoms with Crippen LogP contribution in [0, 0.1) is 13.8 Å². The second kappa shape index (κ2) is 5.18. The molecule has 1 aromatic rings. The predicted molar refractivity (Wildman–Crippen MR) is 75.5 cm³/mol. The van der Waals surface area contributed by atoms with Gasteiger partial charge >= 0.3 is 5.97 Å². The van der Waals surface area contributed by atoms with Crippen molar-refractivity contribution in [3.63, 3.8) is 0 Å². The summed E-state index contributed by atoms with van der Waals surface area (Å²) < 4.78 is 26.7. The van der Waals surface area contributed by atoms with Gasteiger partial charge in [-0.3, -0.25) is 0 Å². The van der Waals surface area contributed by atoms with E-state index >= 15 is 0 Å². The number of rotatable bonds is 4. The quantitative estimate of drug-likeness (QED) is 0.924. The van der Waals surface area contributed by atoms with Crippen molar-refractivity contribution >= 4 is 16.0 Å². The minimum Gasteiger partial charge on any atom is -0.478 e. The Balaban J connectivity index is 2.52. The molecular formula is C14H19NO4S. The highest BCUT2D eigenvalue weighted by Gasteiger charge is 2.33. The van der Waals surface area contributed by atoms with Crippen LogP contribution in [0.25, 0.3) is 0 Å². The van der Waals surface area contributed by atoms with Crippen LogP contribution < -0.4 is 0 Å². The van der Waals surface area contributed by atoms with E-state index in [0.29, 0.717) is 11.1 Å². The number of sulfonamides is 1. The molecule has 1 saturated carbocycles. The first-order chi connectivity index (χ1) is 9.25. The molecule has 1 fully saturated rings. The van der Waals surface area contributed by atoms with E-state index in [1.54, 1.807) is 20.9 Å². The van der Waals surface area contributed by atoms with Gasteiger partial charge in [0.1, 0.15) is 0 Å². The van der Waals surface area contributed by atoms with Crippen LogP contribution in [0.1, 0.15) is 40.7 Å². The van der Waals surface area contributed by atoms with Gasteiger partial charge in [-0.1, -0.05) is 6.42 Å². The SMILES string of the molecule is Cc1cc(C(=O)O)cc(S(=O)(=O)N(C)C2CCC2)c1C. The Bertz CT molecular complexity index is 647. The second-order valence-corrected chi connectivity index (χ2v) is 7.29. The number of nitrogens with zero attached hydrogens (tertiary/aromatic N) is 1. The molecule has 6 heteroatoms. The summed E-state index contributed by atoms with van der Waals surface area (Å²) in [5.41, 5.74) is 1.29. The summed E-state index contributed by atoms with van der Waals surface area (Å²) in [5, 5.41) is 9.09. The third-order valence-electron chi connectivity index (χ3n) is 4.11. The number of aryl methyl sites for hydroxylation is 1. The summed E-state index contributed by atoms with van der Waals surface area (Å²) in [6.45, 7) is 3.44. The van der Waals surface area contributed by atoms with Crippen LogP contribution in [-0.4, -0.2) is 36.9 Å². The van der Waals surface area contributed by atoms with E-state index in [9.17, 15) is 13.2 Å². The molecule has 0 aliphatic heterocycles. The van der Waals surface area contributed by atoms with E-state index in [1.807, 2.05) is 0 Å². The van der Waals surface area contributed by atoms with Gasteiger partial charge < -0.3 is 5.11 Å². The Kier molecular flexibility index (Phi) is 3.88. The molecule has 0 unspecified atom stereocenters. The standard InChI is InChI=1S/C14H19NO4S/c1-9-7-11(14(16)17)8-13(10(9)2)20(18,19)15(3)12-5-4-6-12/h7-8,12H,4-6H2,1-3H3,(H,16,17). The second-order valence-electron chi connectivity index (χ2n) is 5.33. The highest BCUT2D eigenvalue weighted by Crippen LogP contribution is 2.30. The molecule has 0 saturated heterocycles. The smallest absolute Gasteiger partial charge is 0.335 e. The summed E-state index contributed by atoms with van der Waals surface area (Å²) in [5.74, 6) is -1.11. The molecule has 1 N–H and O–H groups in total. The lowest BCUT2D eigenvalue weighted by atomic mass is 9.94. The average Bonchev–Trinajstić information content (AvgIpc) is 2.29. The molecule has 20 heavy (non-hydrogen) atoms. The van der Waals surface area contributed by atoms with Crippen LogP contribution in [0.4, 0.5) is 0 Å². The van der Waals surface area contributed by atoms with Gasteiger partial charge in [-0.15, -0.1) is 0 Å². The van der Waals surface area contributed by atoms with Crippen molar-refractivity contribution in [2.24, 2.45) is 0 Å². The molecule has 0 radical (unpaired) electrons. The Morgan fingerprint density at radius 1 is 1.30 bits per heavy atom. The third kappa shape index (κ3) is 2.45. The molecule has 1 aromatic carbocycles. The summed E-state index contributed by atoms with van der Waals surface area (Å²) >= 11 is 0. The topological polar surface area (TPSA) is 74.7 Å². The van der Waals surface area contributed by atoms with Crippen molar-refractivity contribution in [1.82, 2.24) is 4.31 Å². The van der Waals surface area contributed by atoms with E-state index in [-0.39, 0.29) is 16.5 Å². The Morgan fingerprint density at radius 2 is 1.90 bits per heavy atom. The maximum atomic E-state index is 12.6. The molecule has 0 bridgehead atoms. The van der Waals surface area contributed by atoms with Crippen LogP contribution in [-0.2, 0) is 10.0 Å². The predicted octanol–water partition coefficient (Wildman–Crippen LogP) is 2.17. The highest BCUT2D eigenvalue weighted by atomic mass is 32.2. The maximum Gasteiger partial charge on any atom is 0.335 e. The van der Waals surface area contributed by atoms with E-state index in [0.717, 1.165) is 19.3 Å². The molecule has 2 rings (SSSR count). The van der Waals surface area contributed by atoms with E-state index in [4.69, 9.17) is 5.11 Å². The Labute approximate surface area is 119 Å². The number of hydrogen-bond acceptors (Lipinski definition) is 3. The van der Waals surface area contributed by atoms with Crippen LogP contribution in [0.3, 0.4) is 0 Å². The van der Waals surface area contributed by atoms with Gasteiger partial charge in [0.25, 0.3) is 0 Å².